The molecule has 0 radical (unpaired) electrons. The van der Waals surface area contributed by atoms with Crippen LogP contribution in [-0.4, -0.2) is 161 Å². The molecule has 33 heteroatoms. The van der Waals surface area contributed by atoms with E-state index in [-0.39, 0.29) is 93.1 Å². The Morgan fingerprint density at radius 3 is 2.01 bits per heavy atom. The van der Waals surface area contributed by atoms with Gasteiger partial charge in [0.2, 0.25) is 19.0 Å². The third kappa shape index (κ3) is 20.3. The monoisotopic (exact) mass is 1460 g/mol. The largest absolute Gasteiger partial charge is 0.497 e. The molecular weight excluding hydrogens is 1380 g/mol. The van der Waals surface area contributed by atoms with E-state index in [0.717, 1.165) is 10.8 Å². The third-order valence-corrected chi connectivity index (χ3v) is 20.1. The highest BCUT2D eigenvalue weighted by Crippen LogP contribution is 2.56. The number of unbranched alkanes of at least 4 members (excludes halogenated alkanes) is 2. The summed E-state index contributed by atoms with van der Waals surface area (Å²) in [4.78, 5) is 87.4. The van der Waals surface area contributed by atoms with E-state index in [1.165, 1.54) is 26.9 Å². The molecule has 4 aromatic carbocycles. The molecule has 2 saturated heterocycles. The van der Waals surface area contributed by atoms with Gasteiger partial charge in [0.25, 0.3) is 20.0 Å². The number of rotatable bonds is 35. The number of fused-ring (bicyclic) bond motifs is 1. The van der Waals surface area contributed by atoms with E-state index in [9.17, 15) is 37.1 Å². The Morgan fingerprint density at radius 1 is 0.767 bits per heavy atom. The molecule has 8 atom stereocenters. The minimum atomic E-state index is -5.01. The predicted octanol–water partition coefficient (Wildman–Crippen LogP) is 10.0. The molecule has 9 rings (SSSR count). The number of hydrogen-bond donors (Lipinski definition) is 4. The number of hydrogen-bond acceptors (Lipinski definition) is 20. The zero-order chi connectivity index (χ0) is 73.7. The Morgan fingerprint density at radius 2 is 1.38 bits per heavy atom. The number of amides is 3. The number of nitrogens with one attached hydrogen (secondary N) is 4. The molecule has 3 amide bonds. The lowest BCUT2D eigenvalue weighted by atomic mass is 9.80. The van der Waals surface area contributed by atoms with E-state index in [2.05, 4.69) is 52.1 Å². The minimum Gasteiger partial charge on any atom is -0.497 e. The number of carbonyl (C=O) groups excluding carboxylic acids is 3. The average molecular weight is 1460 g/mol. The topological polar surface area (TPSA) is 307 Å². The van der Waals surface area contributed by atoms with Crippen molar-refractivity contribution in [3.63, 3.8) is 0 Å². The molecule has 2 aliphatic rings. The molecular formula is C70H79F3N12O16P2. The van der Waals surface area contributed by atoms with Gasteiger partial charge in [-0.2, -0.15) is 13.2 Å². The van der Waals surface area contributed by atoms with Gasteiger partial charge in [0.15, 0.2) is 17.0 Å². The van der Waals surface area contributed by atoms with Crippen molar-refractivity contribution in [1.82, 2.24) is 44.4 Å². The lowest BCUT2D eigenvalue weighted by molar-refractivity contribution is -0.173. The van der Waals surface area contributed by atoms with Gasteiger partial charge >= 0.3 is 25.6 Å². The Hall–Kier alpha value is -9.25. The van der Waals surface area contributed by atoms with Gasteiger partial charge in [-0.1, -0.05) is 91.1 Å². The molecule has 2 aliphatic heterocycles. The van der Waals surface area contributed by atoms with Crippen LogP contribution in [0.2, 0.25) is 0 Å². The van der Waals surface area contributed by atoms with Crippen molar-refractivity contribution in [1.29, 1.82) is 0 Å². The normalized spacial score (nSPS) is 18.3. The average Bonchev–Trinajstić information content (AvgIpc) is 1.41. The van der Waals surface area contributed by atoms with Crippen molar-refractivity contribution < 1.29 is 78.4 Å². The molecule has 103 heavy (non-hydrogen) atoms. The maximum Gasteiger partial charge on any atom is 0.475 e. The van der Waals surface area contributed by atoms with Gasteiger partial charge in [0.1, 0.15) is 73.0 Å². The van der Waals surface area contributed by atoms with Gasteiger partial charge in [0, 0.05) is 49.7 Å². The van der Waals surface area contributed by atoms with Crippen LogP contribution in [0.5, 0.6) is 11.5 Å². The third-order valence-electron chi connectivity index (χ3n) is 16.4. The number of ether oxygens (including phenoxy) is 5. The van der Waals surface area contributed by atoms with Crippen molar-refractivity contribution in [2.75, 3.05) is 72.1 Å². The summed E-state index contributed by atoms with van der Waals surface area (Å²) in [5.74, 6) is 3.69. The van der Waals surface area contributed by atoms with Crippen LogP contribution in [0.3, 0.4) is 0 Å². The van der Waals surface area contributed by atoms with E-state index < -0.39 is 114 Å². The quantitative estimate of drug-likeness (QED) is 0.00943. The van der Waals surface area contributed by atoms with Crippen molar-refractivity contribution in [2.45, 2.75) is 127 Å². The highest BCUT2D eigenvalue weighted by Gasteiger charge is 2.49. The fourth-order valence-electron chi connectivity index (χ4n) is 11.5. The van der Waals surface area contributed by atoms with E-state index in [1.807, 2.05) is 87.0 Å². The summed E-state index contributed by atoms with van der Waals surface area (Å²) in [6.07, 6.45) is -7.47. The van der Waals surface area contributed by atoms with Crippen molar-refractivity contribution in [3.8, 4) is 23.3 Å². The Bertz CT molecular complexity index is 4270. The highest BCUT2D eigenvalue weighted by atomic mass is 31.2. The van der Waals surface area contributed by atoms with Crippen LogP contribution in [0, 0.1) is 25.0 Å². The molecule has 0 saturated carbocycles. The minimum absolute atomic E-state index is 0.00848. The maximum atomic E-state index is 15.9. The number of halogens is 3. The first kappa shape index (κ1) is 77.9. The van der Waals surface area contributed by atoms with E-state index in [4.69, 9.17) is 59.4 Å². The molecule has 0 spiro atoms. The van der Waals surface area contributed by atoms with Gasteiger partial charge < -0.3 is 58.4 Å². The lowest BCUT2D eigenvalue weighted by Gasteiger charge is -2.37. The van der Waals surface area contributed by atoms with E-state index >= 15 is 4.57 Å². The smallest absolute Gasteiger partial charge is 0.475 e. The lowest BCUT2D eigenvalue weighted by Crippen LogP contribution is -2.39. The van der Waals surface area contributed by atoms with Gasteiger partial charge in [0.05, 0.1) is 46.4 Å². The highest BCUT2D eigenvalue weighted by molar-refractivity contribution is 7.48. The van der Waals surface area contributed by atoms with Crippen LogP contribution >= 0.6 is 16.3 Å². The number of aromatic nitrogens is 6. The number of H-pyrrole nitrogens is 1. The zero-order valence-electron chi connectivity index (χ0n) is 57.3. The van der Waals surface area contributed by atoms with Gasteiger partial charge in [-0.25, -0.2) is 42.1 Å². The predicted molar refractivity (Wildman–Crippen MR) is 371 cm³/mol. The number of alkyl halides is 3. The van der Waals surface area contributed by atoms with Crippen LogP contribution in [0.1, 0.15) is 111 Å². The molecule has 7 aromatic rings. The van der Waals surface area contributed by atoms with Gasteiger partial charge in [-0.05, 0) is 93.6 Å². The fraction of sp³-hybridized carbons (Fsp3) is 0.429. The standard InChI is InChI=1S/C70H79F3N12O16P2/c1-46(2)85(47(3)4)102(95-37-35-74-5)100-55-39-61(84-45-80-62-63(78-44-79-64(62)84)81-65(87)48-19-12-9-13-20-48)99-58(55)43-97-103(91,96-38-36-75-6)101-56-40-60(83-41-49(66(88)82-68(83)90)21-18-34-76-59(86)24-16-11-17-33-77-67(89)70(71,72)73)98-57(56)42-94-69(50-22-14-10-15-23-50,51-25-29-53(92-7)30-26-51)52-27-31-54(93-8)32-28-52/h9-10,12-15,19-20,22-23,25-32,41,44-47,55-58,60-61H,11,16-17,24,33-40,42-43H2,1-4,7-8H3,(H,76,86)(H,77,89)(H,82,88,90)(H,78,79,81,87)/t55-,56-,57-,58-,60-,61-,102?,103?/m1/s1. The first-order valence-electron chi connectivity index (χ1n) is 33.0. The molecule has 5 heterocycles. The number of methoxy groups -OCH3 is 2. The van der Waals surface area contributed by atoms with Crippen LogP contribution in [-0.2, 0) is 56.6 Å². The van der Waals surface area contributed by atoms with Crippen molar-refractivity contribution >= 4 is 51.1 Å². The maximum absolute atomic E-state index is 15.9. The van der Waals surface area contributed by atoms with Crippen LogP contribution in [0.4, 0.5) is 19.0 Å². The molecule has 28 nitrogen and oxygen atoms in total. The second-order valence-corrected chi connectivity index (χ2v) is 27.1. The number of anilines is 1. The SMILES string of the molecule is [C-]#[N+]CCOP(O[C@@H]1C[C@H](n2cnc3c(NC(=O)c4ccccc4)ncnc32)O[C@@H]1COP(=O)(OCC[N+]#[C-])O[C@@H]1C[C@H](n2cc(C#CCNC(=O)CCCCCNC(=O)C(F)(F)F)c(=O)[nH]c2=O)O[C@@H]1COC(c1ccccc1)(c1ccc(OC)cc1)c1ccc(OC)cc1)N(C(C)C)C(C)C. The van der Waals surface area contributed by atoms with E-state index in [0.29, 0.717) is 46.6 Å². The fourth-order valence-corrected chi connectivity index (χ4v) is 14.7. The van der Waals surface area contributed by atoms with Crippen LogP contribution < -0.4 is 36.7 Å². The first-order chi connectivity index (χ1) is 49.6. The van der Waals surface area contributed by atoms with Gasteiger partial charge in [-0.15, -0.1) is 0 Å². The molecule has 2 unspecified atom stereocenters. The number of aromatic amines is 1. The van der Waals surface area contributed by atoms with Crippen molar-refractivity contribution in [2.24, 2.45) is 0 Å². The summed E-state index contributed by atoms with van der Waals surface area (Å²) in [7, 11) is -3.85. The first-order valence-corrected chi connectivity index (χ1v) is 35.6. The van der Waals surface area contributed by atoms with Crippen LogP contribution in [0.15, 0.2) is 138 Å². The molecule has 546 valence electrons. The molecule has 0 aliphatic carbocycles. The number of phosphoric ester groups is 1. The molecule has 3 aromatic heterocycles. The summed E-state index contributed by atoms with van der Waals surface area (Å²) in [6, 6.07) is 32.1. The number of nitrogens with zero attached hydrogens (tertiary/aromatic N) is 8. The summed E-state index contributed by atoms with van der Waals surface area (Å²) in [6.45, 7) is 21.0. The molecule has 2 fully saturated rings. The Labute approximate surface area is 593 Å². The zero-order valence-corrected chi connectivity index (χ0v) is 59.1. The van der Waals surface area contributed by atoms with E-state index in [1.54, 1.807) is 64.5 Å². The summed E-state index contributed by atoms with van der Waals surface area (Å²) >= 11 is 0. The number of benzene rings is 4. The summed E-state index contributed by atoms with van der Waals surface area (Å²) in [5, 5.41) is 7.20. The molecule has 4 N–H and O–H groups in total. The summed E-state index contributed by atoms with van der Waals surface area (Å²) < 4.78 is 123. The van der Waals surface area contributed by atoms with Crippen LogP contribution in [0.25, 0.3) is 20.9 Å². The Kier molecular flexibility index (Phi) is 27.8. The molecule has 0 bridgehead atoms. The number of carbonyl (C=O) groups is 3. The number of phosphoric acid groups is 1. The van der Waals surface area contributed by atoms with Gasteiger partial charge in [-0.3, -0.25) is 46.9 Å². The summed E-state index contributed by atoms with van der Waals surface area (Å²) in [5.41, 5.74) is -0.715. The van der Waals surface area contributed by atoms with Crippen molar-refractivity contribution in [3.05, 3.63) is 200 Å². The second kappa shape index (κ2) is 36.8. The Balaban J connectivity index is 1.05. The second-order valence-electron chi connectivity index (χ2n) is 24.0. The number of imidazole rings is 1.